The molecular weight excluding hydrogens is 148 g/mol. The normalized spacial score (nSPS) is 13.6. The van der Waals surface area contributed by atoms with Crippen molar-refractivity contribution in [2.75, 3.05) is 0 Å². The second-order valence-corrected chi connectivity index (χ2v) is 2.82. The maximum atomic E-state index is 8.63. The van der Waals surface area contributed by atoms with Gasteiger partial charge in [-0.1, -0.05) is 6.08 Å². The molecule has 2 nitrogen and oxygen atoms in total. The van der Waals surface area contributed by atoms with Crippen LogP contribution in [0.25, 0.3) is 6.08 Å². The van der Waals surface area contributed by atoms with E-state index in [1.807, 2.05) is 12.1 Å². The molecule has 2 rings (SSSR count). The summed E-state index contributed by atoms with van der Waals surface area (Å²) < 4.78 is 0. The molecule has 1 aromatic rings. The van der Waals surface area contributed by atoms with Crippen LogP contribution in [0.2, 0.25) is 0 Å². The molecule has 12 heavy (non-hydrogen) atoms. The van der Waals surface area contributed by atoms with Gasteiger partial charge in [-0.15, -0.1) is 0 Å². The Morgan fingerprint density at radius 2 is 2.42 bits per heavy atom. The Labute approximate surface area is 71.2 Å². The van der Waals surface area contributed by atoms with Crippen molar-refractivity contribution in [2.24, 2.45) is 0 Å². The summed E-state index contributed by atoms with van der Waals surface area (Å²) in [6.07, 6.45) is 7.81. The molecule has 1 heterocycles. The van der Waals surface area contributed by atoms with Crippen LogP contribution < -0.4 is 0 Å². The quantitative estimate of drug-likeness (QED) is 0.575. The van der Waals surface area contributed by atoms with E-state index < -0.39 is 0 Å². The standard InChI is InChI=1S/C10H8N2/c11-6-8-5-9-3-1-2-4-10(9)12-7-8/h2,4-5,7H,1,3H2. The van der Waals surface area contributed by atoms with Gasteiger partial charge in [-0.3, -0.25) is 4.98 Å². The van der Waals surface area contributed by atoms with Gasteiger partial charge in [0.25, 0.3) is 0 Å². The van der Waals surface area contributed by atoms with E-state index in [0.717, 1.165) is 18.5 Å². The number of fused-ring (bicyclic) bond motifs is 1. The molecule has 0 amide bonds. The molecule has 0 saturated heterocycles. The van der Waals surface area contributed by atoms with Crippen molar-refractivity contribution in [3.05, 3.63) is 35.2 Å². The molecule has 0 spiro atoms. The Kier molecular flexibility index (Phi) is 1.64. The maximum absolute atomic E-state index is 8.63. The van der Waals surface area contributed by atoms with Crippen LogP contribution in [0.3, 0.4) is 0 Å². The Balaban J connectivity index is 2.53. The minimum absolute atomic E-state index is 0.657. The van der Waals surface area contributed by atoms with Crippen LogP contribution in [0, 0.1) is 11.3 Å². The molecule has 1 aliphatic rings. The van der Waals surface area contributed by atoms with Crippen molar-refractivity contribution >= 4 is 6.08 Å². The van der Waals surface area contributed by atoms with Gasteiger partial charge in [-0.25, -0.2) is 0 Å². The highest BCUT2D eigenvalue weighted by Gasteiger charge is 2.05. The smallest absolute Gasteiger partial charge is 0.101 e. The molecule has 0 fully saturated rings. The van der Waals surface area contributed by atoms with Gasteiger partial charge in [-0.2, -0.15) is 5.26 Å². The van der Waals surface area contributed by atoms with E-state index in [0.29, 0.717) is 5.56 Å². The highest BCUT2D eigenvalue weighted by molar-refractivity contribution is 5.53. The summed E-state index contributed by atoms with van der Waals surface area (Å²) in [6, 6.07) is 4.01. The average Bonchev–Trinajstić information content (AvgIpc) is 2.17. The first-order chi connectivity index (χ1) is 5.90. The van der Waals surface area contributed by atoms with Crippen LogP contribution in [-0.4, -0.2) is 4.98 Å². The van der Waals surface area contributed by atoms with Gasteiger partial charge in [-0.05, 0) is 30.5 Å². The van der Waals surface area contributed by atoms with E-state index in [1.54, 1.807) is 6.20 Å². The van der Waals surface area contributed by atoms with E-state index in [-0.39, 0.29) is 0 Å². The van der Waals surface area contributed by atoms with Crippen molar-refractivity contribution in [3.8, 4) is 6.07 Å². The van der Waals surface area contributed by atoms with Crippen LogP contribution in [0.5, 0.6) is 0 Å². The average molecular weight is 156 g/mol. The third-order valence-corrected chi connectivity index (χ3v) is 1.99. The summed E-state index contributed by atoms with van der Waals surface area (Å²) >= 11 is 0. The summed E-state index contributed by atoms with van der Waals surface area (Å²) in [6.45, 7) is 0. The Hall–Kier alpha value is -1.62. The minimum Gasteiger partial charge on any atom is -0.255 e. The van der Waals surface area contributed by atoms with Gasteiger partial charge >= 0.3 is 0 Å². The molecule has 0 aromatic carbocycles. The minimum atomic E-state index is 0.657. The van der Waals surface area contributed by atoms with Gasteiger partial charge in [0.05, 0.1) is 11.3 Å². The van der Waals surface area contributed by atoms with Gasteiger partial charge in [0.15, 0.2) is 0 Å². The lowest BCUT2D eigenvalue weighted by atomic mass is 10.0. The second-order valence-electron chi connectivity index (χ2n) is 2.82. The van der Waals surface area contributed by atoms with Gasteiger partial charge in [0.2, 0.25) is 0 Å². The molecular formula is C10H8N2. The molecule has 0 N–H and O–H groups in total. The van der Waals surface area contributed by atoms with Gasteiger partial charge in [0, 0.05) is 6.20 Å². The topological polar surface area (TPSA) is 36.7 Å². The molecule has 1 aliphatic carbocycles. The first-order valence-corrected chi connectivity index (χ1v) is 3.96. The summed E-state index contributed by atoms with van der Waals surface area (Å²) in [5.41, 5.74) is 2.86. The zero-order valence-electron chi connectivity index (χ0n) is 6.62. The largest absolute Gasteiger partial charge is 0.255 e. The number of pyridine rings is 1. The number of aromatic nitrogens is 1. The molecule has 58 valence electrons. The zero-order chi connectivity index (χ0) is 8.39. The summed E-state index contributed by atoms with van der Waals surface area (Å²) in [4.78, 5) is 4.18. The Morgan fingerprint density at radius 1 is 1.50 bits per heavy atom. The summed E-state index contributed by atoms with van der Waals surface area (Å²) in [7, 11) is 0. The predicted octanol–water partition coefficient (Wildman–Crippen LogP) is 1.91. The molecule has 1 aromatic heterocycles. The number of nitriles is 1. The van der Waals surface area contributed by atoms with Crippen molar-refractivity contribution < 1.29 is 0 Å². The van der Waals surface area contributed by atoms with E-state index >= 15 is 0 Å². The van der Waals surface area contributed by atoms with Gasteiger partial charge < -0.3 is 0 Å². The molecule has 2 heteroatoms. The van der Waals surface area contributed by atoms with Crippen molar-refractivity contribution in [1.29, 1.82) is 5.26 Å². The number of rotatable bonds is 0. The van der Waals surface area contributed by atoms with E-state index in [2.05, 4.69) is 17.1 Å². The molecule has 0 atom stereocenters. The summed E-state index contributed by atoms with van der Waals surface area (Å²) in [5, 5.41) is 8.63. The van der Waals surface area contributed by atoms with Gasteiger partial charge in [0.1, 0.15) is 6.07 Å². The Morgan fingerprint density at radius 3 is 3.25 bits per heavy atom. The SMILES string of the molecule is N#Cc1cnc2c(c1)CCC=C2. The first kappa shape index (κ1) is 7.05. The fraction of sp³-hybridized carbons (Fsp3) is 0.200. The van der Waals surface area contributed by atoms with Crippen molar-refractivity contribution in [3.63, 3.8) is 0 Å². The highest BCUT2D eigenvalue weighted by Crippen LogP contribution is 2.17. The fourth-order valence-electron chi connectivity index (χ4n) is 1.37. The molecule has 0 unspecified atom stereocenters. The molecule has 0 radical (unpaired) electrons. The predicted molar refractivity (Wildman–Crippen MR) is 46.3 cm³/mol. The van der Waals surface area contributed by atoms with E-state index in [9.17, 15) is 0 Å². The van der Waals surface area contributed by atoms with Crippen LogP contribution in [-0.2, 0) is 6.42 Å². The van der Waals surface area contributed by atoms with Crippen LogP contribution in [0.4, 0.5) is 0 Å². The van der Waals surface area contributed by atoms with E-state index in [4.69, 9.17) is 5.26 Å². The lowest BCUT2D eigenvalue weighted by molar-refractivity contribution is 0.962. The number of hydrogen-bond donors (Lipinski definition) is 0. The van der Waals surface area contributed by atoms with Crippen LogP contribution in [0.1, 0.15) is 23.2 Å². The first-order valence-electron chi connectivity index (χ1n) is 3.96. The molecule has 0 saturated carbocycles. The van der Waals surface area contributed by atoms with Crippen LogP contribution in [0.15, 0.2) is 18.3 Å². The lowest BCUT2D eigenvalue weighted by Gasteiger charge is -2.07. The summed E-state index contributed by atoms with van der Waals surface area (Å²) in [5.74, 6) is 0. The monoisotopic (exact) mass is 156 g/mol. The zero-order valence-corrected chi connectivity index (χ0v) is 6.62. The molecule has 0 bridgehead atoms. The molecule has 0 aliphatic heterocycles. The highest BCUT2D eigenvalue weighted by atomic mass is 14.7. The lowest BCUT2D eigenvalue weighted by Crippen LogP contribution is -1.97. The third-order valence-electron chi connectivity index (χ3n) is 1.99. The van der Waals surface area contributed by atoms with Crippen LogP contribution >= 0.6 is 0 Å². The third kappa shape index (κ3) is 1.10. The van der Waals surface area contributed by atoms with E-state index in [1.165, 1.54) is 5.56 Å². The second kappa shape index (κ2) is 2.78. The number of allylic oxidation sites excluding steroid dienone is 1. The number of nitrogens with zero attached hydrogens (tertiary/aromatic N) is 2. The maximum Gasteiger partial charge on any atom is 0.101 e. The number of hydrogen-bond acceptors (Lipinski definition) is 2. The van der Waals surface area contributed by atoms with Crippen molar-refractivity contribution in [2.45, 2.75) is 12.8 Å². The van der Waals surface area contributed by atoms with Crippen molar-refractivity contribution in [1.82, 2.24) is 4.98 Å². The Bertz CT molecular complexity index is 372. The fourth-order valence-corrected chi connectivity index (χ4v) is 1.37. The number of aryl methyl sites for hydroxylation is 1.